The van der Waals surface area contributed by atoms with Crippen molar-refractivity contribution in [1.82, 2.24) is 9.80 Å². The number of amides is 1. The van der Waals surface area contributed by atoms with Crippen LogP contribution in [-0.4, -0.2) is 55.0 Å². The molecule has 6 heteroatoms. The number of hydrogen-bond donors (Lipinski definition) is 0. The predicted molar refractivity (Wildman–Crippen MR) is 137 cm³/mol. The van der Waals surface area contributed by atoms with Gasteiger partial charge in [-0.05, 0) is 31.2 Å². The zero-order valence-corrected chi connectivity index (χ0v) is 19.8. The Morgan fingerprint density at radius 1 is 0.886 bits per heavy atom. The predicted octanol–water partition coefficient (Wildman–Crippen LogP) is 4.61. The van der Waals surface area contributed by atoms with Gasteiger partial charge in [0.1, 0.15) is 18.1 Å². The van der Waals surface area contributed by atoms with Crippen molar-refractivity contribution in [1.29, 1.82) is 0 Å². The van der Waals surface area contributed by atoms with E-state index in [4.69, 9.17) is 9.15 Å². The number of para-hydroxylation sites is 2. The number of rotatable bonds is 6. The molecule has 2 heterocycles. The van der Waals surface area contributed by atoms with Crippen molar-refractivity contribution < 1.29 is 13.9 Å². The van der Waals surface area contributed by atoms with Gasteiger partial charge in [-0.3, -0.25) is 14.5 Å². The molecule has 0 spiro atoms. The second kappa shape index (κ2) is 10.2. The zero-order chi connectivity index (χ0) is 24.2. The summed E-state index contributed by atoms with van der Waals surface area (Å²) in [6.07, 6.45) is 0. The molecule has 0 unspecified atom stereocenters. The second-order valence-electron chi connectivity index (χ2n) is 8.73. The lowest BCUT2D eigenvalue weighted by molar-refractivity contribution is 0.0621. The first-order valence-electron chi connectivity index (χ1n) is 11.9. The minimum absolute atomic E-state index is 0.108. The molecule has 35 heavy (non-hydrogen) atoms. The van der Waals surface area contributed by atoms with E-state index in [0.29, 0.717) is 47.6 Å². The smallest absolute Gasteiger partial charge is 0.257 e. The van der Waals surface area contributed by atoms with Gasteiger partial charge < -0.3 is 14.1 Å². The van der Waals surface area contributed by atoms with Crippen LogP contribution in [-0.2, 0) is 0 Å². The number of ether oxygens (including phenoxy) is 1. The number of nitrogens with zero attached hydrogens (tertiary/aromatic N) is 2. The summed E-state index contributed by atoms with van der Waals surface area (Å²) in [4.78, 5) is 30.7. The van der Waals surface area contributed by atoms with Crippen LogP contribution < -0.4 is 10.2 Å². The molecule has 4 aromatic rings. The van der Waals surface area contributed by atoms with Gasteiger partial charge in [0.25, 0.3) is 5.91 Å². The fourth-order valence-corrected chi connectivity index (χ4v) is 4.50. The van der Waals surface area contributed by atoms with Gasteiger partial charge in [0.15, 0.2) is 11.0 Å². The van der Waals surface area contributed by atoms with Crippen molar-refractivity contribution in [3.63, 3.8) is 0 Å². The largest absolute Gasteiger partial charge is 0.492 e. The topological polar surface area (TPSA) is 63.0 Å². The third-order valence-corrected chi connectivity index (χ3v) is 6.49. The molecular formula is C29H28N2O4. The van der Waals surface area contributed by atoms with E-state index >= 15 is 0 Å². The summed E-state index contributed by atoms with van der Waals surface area (Å²) < 4.78 is 12.0. The van der Waals surface area contributed by atoms with E-state index in [1.165, 1.54) is 0 Å². The normalized spacial score (nSPS) is 14.3. The average molecular weight is 469 g/mol. The van der Waals surface area contributed by atoms with Crippen molar-refractivity contribution in [2.75, 3.05) is 39.3 Å². The molecule has 0 radical (unpaired) electrons. The fraction of sp³-hybridized carbons (Fsp3) is 0.241. The highest BCUT2D eigenvalue weighted by Crippen LogP contribution is 2.28. The molecule has 0 aliphatic carbocycles. The summed E-state index contributed by atoms with van der Waals surface area (Å²) in [6.45, 7) is 5.95. The molecule has 3 aromatic carbocycles. The number of fused-ring (bicyclic) bond motifs is 1. The second-order valence-corrected chi connectivity index (χ2v) is 8.73. The highest BCUT2D eigenvalue weighted by Gasteiger charge is 2.25. The van der Waals surface area contributed by atoms with Crippen molar-refractivity contribution >= 4 is 16.9 Å². The quantitative estimate of drug-likeness (QED) is 0.414. The molecule has 178 valence electrons. The number of carbonyl (C=O) groups excluding carboxylic acids is 1. The Labute approximate surface area is 204 Å². The van der Waals surface area contributed by atoms with Crippen LogP contribution in [0.4, 0.5) is 0 Å². The van der Waals surface area contributed by atoms with Gasteiger partial charge in [0.2, 0.25) is 0 Å². The molecule has 1 saturated heterocycles. The van der Waals surface area contributed by atoms with Gasteiger partial charge in [0.05, 0.1) is 10.9 Å². The maximum absolute atomic E-state index is 13.5. The lowest BCUT2D eigenvalue weighted by atomic mass is 10.0. The molecule has 0 bridgehead atoms. The summed E-state index contributed by atoms with van der Waals surface area (Å²) in [5.74, 6) is 1.26. The summed E-state index contributed by atoms with van der Waals surface area (Å²) >= 11 is 0. The highest BCUT2D eigenvalue weighted by atomic mass is 16.5. The van der Waals surface area contributed by atoms with E-state index in [2.05, 4.69) is 4.90 Å². The molecule has 0 saturated carbocycles. The van der Waals surface area contributed by atoms with Crippen LogP contribution in [0.5, 0.6) is 5.75 Å². The Morgan fingerprint density at radius 2 is 1.57 bits per heavy atom. The first-order chi connectivity index (χ1) is 17.1. The van der Waals surface area contributed by atoms with E-state index in [1.807, 2.05) is 65.6 Å². The highest BCUT2D eigenvalue weighted by molar-refractivity contribution is 6.05. The van der Waals surface area contributed by atoms with Crippen molar-refractivity contribution in [3.8, 4) is 17.1 Å². The van der Waals surface area contributed by atoms with Crippen LogP contribution in [0.1, 0.15) is 15.9 Å². The Kier molecular flexibility index (Phi) is 6.64. The van der Waals surface area contributed by atoms with Gasteiger partial charge in [-0.1, -0.05) is 54.6 Å². The summed E-state index contributed by atoms with van der Waals surface area (Å²) in [6, 6.07) is 24.5. The maximum atomic E-state index is 13.5. The Balaban J connectivity index is 1.31. The molecule has 0 N–H and O–H groups in total. The Morgan fingerprint density at radius 3 is 2.29 bits per heavy atom. The lowest BCUT2D eigenvalue weighted by Crippen LogP contribution is -2.49. The minimum Gasteiger partial charge on any atom is -0.492 e. The SMILES string of the molecule is Cc1c(-c2ccccc2)oc2c(C(=O)N3CCN(CCOc4ccccc4)CC3)cccc2c1=O. The van der Waals surface area contributed by atoms with Gasteiger partial charge in [-0.2, -0.15) is 0 Å². The fourth-order valence-electron chi connectivity index (χ4n) is 4.50. The van der Waals surface area contributed by atoms with E-state index < -0.39 is 0 Å². The summed E-state index contributed by atoms with van der Waals surface area (Å²) in [7, 11) is 0. The lowest BCUT2D eigenvalue weighted by Gasteiger charge is -2.34. The van der Waals surface area contributed by atoms with Crippen LogP contribution >= 0.6 is 0 Å². The first kappa shape index (κ1) is 22.9. The van der Waals surface area contributed by atoms with Gasteiger partial charge in [-0.15, -0.1) is 0 Å². The number of piperazine rings is 1. The molecule has 0 atom stereocenters. The summed E-state index contributed by atoms with van der Waals surface area (Å²) in [5.41, 5.74) is 2.03. The molecule has 1 fully saturated rings. The standard InChI is InChI=1S/C29H28N2O4/c1-21-26(32)24-13-8-14-25(28(24)35-27(21)22-9-4-2-5-10-22)29(33)31-17-15-30(16-18-31)19-20-34-23-11-6-3-7-12-23/h2-14H,15-20H2,1H3. The Bertz CT molecular complexity index is 1370. The van der Waals surface area contributed by atoms with Gasteiger partial charge >= 0.3 is 0 Å². The van der Waals surface area contributed by atoms with Crippen molar-refractivity contribution in [2.24, 2.45) is 0 Å². The summed E-state index contributed by atoms with van der Waals surface area (Å²) in [5, 5.41) is 0.435. The number of benzene rings is 3. The van der Waals surface area contributed by atoms with E-state index in [0.717, 1.165) is 30.9 Å². The number of carbonyl (C=O) groups is 1. The minimum atomic E-state index is -0.109. The molecule has 1 aliphatic rings. The van der Waals surface area contributed by atoms with Crippen LogP contribution in [0.25, 0.3) is 22.3 Å². The maximum Gasteiger partial charge on any atom is 0.257 e. The molecule has 1 amide bonds. The van der Waals surface area contributed by atoms with Crippen LogP contribution in [0.3, 0.4) is 0 Å². The third kappa shape index (κ3) is 4.84. The third-order valence-electron chi connectivity index (χ3n) is 6.49. The molecular weight excluding hydrogens is 440 g/mol. The van der Waals surface area contributed by atoms with Crippen LogP contribution in [0.15, 0.2) is 88.1 Å². The van der Waals surface area contributed by atoms with E-state index in [9.17, 15) is 9.59 Å². The molecule has 1 aromatic heterocycles. The van der Waals surface area contributed by atoms with E-state index in [-0.39, 0.29) is 11.3 Å². The molecule has 5 rings (SSSR count). The van der Waals surface area contributed by atoms with Crippen LogP contribution in [0, 0.1) is 6.92 Å². The zero-order valence-electron chi connectivity index (χ0n) is 19.8. The van der Waals surface area contributed by atoms with Crippen molar-refractivity contribution in [3.05, 3.63) is 100 Å². The van der Waals surface area contributed by atoms with Gasteiger partial charge in [-0.25, -0.2) is 0 Å². The van der Waals surface area contributed by atoms with Crippen LogP contribution in [0.2, 0.25) is 0 Å². The number of hydrogen-bond acceptors (Lipinski definition) is 5. The molecule has 1 aliphatic heterocycles. The monoisotopic (exact) mass is 468 g/mol. The molecule has 6 nitrogen and oxygen atoms in total. The van der Waals surface area contributed by atoms with E-state index in [1.54, 1.807) is 25.1 Å². The average Bonchev–Trinajstić information content (AvgIpc) is 2.91. The first-order valence-corrected chi connectivity index (χ1v) is 11.9. The van der Waals surface area contributed by atoms with Gasteiger partial charge in [0, 0.05) is 43.9 Å². The Hall–Kier alpha value is -3.90. The van der Waals surface area contributed by atoms with Crippen molar-refractivity contribution in [2.45, 2.75) is 6.92 Å².